The molecule has 0 radical (unpaired) electrons. The van der Waals surface area contributed by atoms with Crippen LogP contribution in [0.25, 0.3) is 0 Å². The number of nitriles is 1. The van der Waals surface area contributed by atoms with E-state index in [9.17, 15) is 8.42 Å². The predicted octanol–water partition coefficient (Wildman–Crippen LogP) is 2.03. The van der Waals surface area contributed by atoms with Gasteiger partial charge in [-0.1, -0.05) is 19.1 Å². The highest BCUT2D eigenvalue weighted by atomic mass is 79.9. The van der Waals surface area contributed by atoms with Crippen LogP contribution < -0.4 is 4.72 Å². The van der Waals surface area contributed by atoms with E-state index in [4.69, 9.17) is 5.26 Å². The third kappa shape index (κ3) is 3.04. The molecule has 0 aliphatic rings. The van der Waals surface area contributed by atoms with Gasteiger partial charge in [-0.15, -0.1) is 0 Å². The van der Waals surface area contributed by atoms with Gasteiger partial charge in [-0.3, -0.25) is 0 Å². The average molecular weight is 303 g/mol. The van der Waals surface area contributed by atoms with Crippen molar-refractivity contribution in [3.05, 3.63) is 28.7 Å². The second kappa shape index (κ2) is 5.43. The molecular formula is C10H11BrN2O2S. The molecule has 1 aromatic carbocycles. The molecule has 0 saturated heterocycles. The molecule has 0 aromatic heterocycles. The number of hydrogen-bond donors (Lipinski definition) is 1. The van der Waals surface area contributed by atoms with Crippen molar-refractivity contribution >= 4 is 26.0 Å². The van der Waals surface area contributed by atoms with Crippen LogP contribution in [-0.4, -0.2) is 14.5 Å². The molecule has 0 aliphatic carbocycles. The van der Waals surface area contributed by atoms with Gasteiger partial charge in [-0.05, 0) is 34.5 Å². The number of hydrogen-bond acceptors (Lipinski definition) is 3. The lowest BCUT2D eigenvalue weighted by Crippen LogP contribution is -2.33. The van der Waals surface area contributed by atoms with Crippen molar-refractivity contribution in [2.24, 2.45) is 0 Å². The molecule has 86 valence electrons. The molecule has 0 fully saturated rings. The summed E-state index contributed by atoms with van der Waals surface area (Å²) in [7, 11) is -3.63. The Bertz CT molecular complexity index is 508. The second-order valence-electron chi connectivity index (χ2n) is 3.14. The fourth-order valence-electron chi connectivity index (χ4n) is 1.11. The molecule has 1 aromatic rings. The number of sulfonamides is 1. The summed E-state index contributed by atoms with van der Waals surface area (Å²) in [6.07, 6.45) is 0.431. The van der Waals surface area contributed by atoms with E-state index in [-0.39, 0.29) is 4.90 Å². The first kappa shape index (κ1) is 13.2. The highest BCUT2D eigenvalue weighted by Gasteiger charge is 2.20. The summed E-state index contributed by atoms with van der Waals surface area (Å²) in [5.74, 6) is 0. The lowest BCUT2D eigenvalue weighted by Gasteiger charge is -2.11. The Kier molecular flexibility index (Phi) is 4.47. The van der Waals surface area contributed by atoms with Gasteiger partial charge in [0.05, 0.1) is 11.0 Å². The van der Waals surface area contributed by atoms with E-state index in [0.29, 0.717) is 10.9 Å². The minimum absolute atomic E-state index is 0.142. The van der Waals surface area contributed by atoms with Gasteiger partial charge in [0.25, 0.3) is 0 Å². The van der Waals surface area contributed by atoms with Crippen LogP contribution in [0, 0.1) is 11.3 Å². The first-order valence-electron chi connectivity index (χ1n) is 4.67. The van der Waals surface area contributed by atoms with E-state index in [1.165, 1.54) is 6.07 Å². The molecule has 0 spiro atoms. The van der Waals surface area contributed by atoms with Gasteiger partial charge in [-0.25, -0.2) is 8.42 Å². The maximum Gasteiger partial charge on any atom is 0.242 e. The number of rotatable bonds is 4. The van der Waals surface area contributed by atoms with Crippen molar-refractivity contribution in [1.29, 1.82) is 5.26 Å². The van der Waals surface area contributed by atoms with E-state index in [1.807, 2.05) is 6.07 Å². The third-order valence-corrected chi connectivity index (χ3v) is 4.47. The first-order valence-corrected chi connectivity index (χ1v) is 6.95. The first-order chi connectivity index (χ1) is 7.51. The standard InChI is InChI=1S/C10H11BrN2O2S/c1-2-8(7-12)13-16(14,15)10-6-4-3-5-9(10)11/h3-6,8,13H,2H2,1H3. The van der Waals surface area contributed by atoms with Gasteiger partial charge < -0.3 is 0 Å². The molecular weight excluding hydrogens is 292 g/mol. The van der Waals surface area contributed by atoms with E-state index in [0.717, 1.165) is 0 Å². The van der Waals surface area contributed by atoms with E-state index in [1.54, 1.807) is 25.1 Å². The molecule has 0 heterocycles. The van der Waals surface area contributed by atoms with Gasteiger partial charge >= 0.3 is 0 Å². The number of halogens is 1. The lowest BCUT2D eigenvalue weighted by molar-refractivity contribution is 0.569. The van der Waals surface area contributed by atoms with Gasteiger partial charge in [0.15, 0.2) is 0 Å². The Balaban J connectivity index is 3.05. The fourth-order valence-corrected chi connectivity index (χ4v) is 3.34. The van der Waals surface area contributed by atoms with Gasteiger partial charge in [-0.2, -0.15) is 9.98 Å². The van der Waals surface area contributed by atoms with Gasteiger partial charge in [0, 0.05) is 4.47 Å². The van der Waals surface area contributed by atoms with Crippen molar-refractivity contribution in [3.8, 4) is 6.07 Å². The van der Waals surface area contributed by atoms with E-state index < -0.39 is 16.1 Å². The SMILES string of the molecule is CCC(C#N)NS(=O)(=O)c1ccccc1Br. The molecule has 1 unspecified atom stereocenters. The minimum Gasteiger partial charge on any atom is -0.207 e. The largest absolute Gasteiger partial charge is 0.242 e. The molecule has 6 heteroatoms. The maximum atomic E-state index is 11.9. The monoisotopic (exact) mass is 302 g/mol. The van der Waals surface area contributed by atoms with Gasteiger partial charge in [0.1, 0.15) is 6.04 Å². The van der Waals surface area contributed by atoms with Crippen molar-refractivity contribution in [1.82, 2.24) is 4.72 Å². The van der Waals surface area contributed by atoms with Crippen LogP contribution in [0.4, 0.5) is 0 Å². The summed E-state index contributed by atoms with van der Waals surface area (Å²) in [5.41, 5.74) is 0. The Hall–Kier alpha value is -0.900. The molecule has 1 atom stereocenters. The molecule has 0 aliphatic heterocycles. The highest BCUT2D eigenvalue weighted by Crippen LogP contribution is 2.21. The summed E-state index contributed by atoms with van der Waals surface area (Å²) in [6.45, 7) is 1.75. The van der Waals surface area contributed by atoms with Crippen LogP contribution in [0.15, 0.2) is 33.6 Å². The van der Waals surface area contributed by atoms with E-state index in [2.05, 4.69) is 20.7 Å². The molecule has 4 nitrogen and oxygen atoms in total. The van der Waals surface area contributed by atoms with Crippen LogP contribution in [0.3, 0.4) is 0 Å². The zero-order chi connectivity index (χ0) is 12.2. The molecule has 1 N–H and O–H groups in total. The molecule has 16 heavy (non-hydrogen) atoms. The van der Waals surface area contributed by atoms with Crippen molar-refractivity contribution in [2.45, 2.75) is 24.3 Å². The van der Waals surface area contributed by atoms with Crippen LogP contribution in [0.2, 0.25) is 0 Å². The zero-order valence-corrected chi connectivity index (χ0v) is 11.0. The van der Waals surface area contributed by atoms with Crippen LogP contribution >= 0.6 is 15.9 Å². The highest BCUT2D eigenvalue weighted by molar-refractivity contribution is 9.10. The third-order valence-electron chi connectivity index (χ3n) is 1.99. The van der Waals surface area contributed by atoms with Crippen LogP contribution in [0.5, 0.6) is 0 Å². The van der Waals surface area contributed by atoms with Crippen molar-refractivity contribution < 1.29 is 8.42 Å². The normalized spacial score (nSPS) is 13.1. The Morgan fingerprint density at radius 3 is 2.62 bits per heavy atom. The second-order valence-corrected chi connectivity index (χ2v) is 5.68. The maximum absolute atomic E-state index is 11.9. The molecule has 0 bridgehead atoms. The van der Waals surface area contributed by atoms with Crippen molar-refractivity contribution in [3.63, 3.8) is 0 Å². The van der Waals surface area contributed by atoms with E-state index >= 15 is 0 Å². The lowest BCUT2D eigenvalue weighted by atomic mass is 10.3. The van der Waals surface area contributed by atoms with Crippen LogP contribution in [-0.2, 0) is 10.0 Å². The van der Waals surface area contributed by atoms with Crippen LogP contribution in [0.1, 0.15) is 13.3 Å². The summed E-state index contributed by atoms with van der Waals surface area (Å²) < 4.78 is 26.6. The Labute approximate surface area is 103 Å². The summed E-state index contributed by atoms with van der Waals surface area (Å²) in [4.78, 5) is 0.142. The molecule has 0 amide bonds. The van der Waals surface area contributed by atoms with Crippen molar-refractivity contribution in [2.75, 3.05) is 0 Å². The smallest absolute Gasteiger partial charge is 0.207 e. The quantitative estimate of drug-likeness (QED) is 0.925. The number of benzene rings is 1. The number of nitrogens with one attached hydrogen (secondary N) is 1. The Morgan fingerprint density at radius 2 is 2.12 bits per heavy atom. The fraction of sp³-hybridized carbons (Fsp3) is 0.300. The zero-order valence-electron chi connectivity index (χ0n) is 8.64. The summed E-state index contributed by atoms with van der Waals surface area (Å²) in [5, 5.41) is 8.72. The average Bonchev–Trinajstić information content (AvgIpc) is 2.26. The summed E-state index contributed by atoms with van der Waals surface area (Å²) in [6, 6.07) is 7.68. The predicted molar refractivity (Wildman–Crippen MR) is 64.2 cm³/mol. The Morgan fingerprint density at radius 1 is 1.50 bits per heavy atom. The summed E-state index contributed by atoms with van der Waals surface area (Å²) >= 11 is 3.16. The minimum atomic E-state index is -3.63. The topological polar surface area (TPSA) is 70.0 Å². The number of nitrogens with zero attached hydrogens (tertiary/aromatic N) is 1. The molecule has 0 saturated carbocycles. The molecule has 1 rings (SSSR count). The van der Waals surface area contributed by atoms with Gasteiger partial charge in [0.2, 0.25) is 10.0 Å².